The predicted molar refractivity (Wildman–Crippen MR) is 100 cm³/mol. The number of aromatic nitrogens is 2. The molecule has 3 fully saturated rings. The lowest BCUT2D eigenvalue weighted by Crippen LogP contribution is -2.62. The van der Waals surface area contributed by atoms with E-state index in [2.05, 4.69) is 21.9 Å². The van der Waals surface area contributed by atoms with E-state index in [1.165, 1.54) is 6.42 Å². The van der Waals surface area contributed by atoms with E-state index in [-0.39, 0.29) is 0 Å². The molecule has 8 heteroatoms. The van der Waals surface area contributed by atoms with Crippen LogP contribution in [0.25, 0.3) is 0 Å². The second kappa shape index (κ2) is 6.89. The van der Waals surface area contributed by atoms with E-state index in [9.17, 15) is 8.42 Å². The zero-order valence-electron chi connectivity index (χ0n) is 16.1. The van der Waals surface area contributed by atoms with E-state index < -0.39 is 10.0 Å². The minimum absolute atomic E-state index is 0.371. The minimum atomic E-state index is -3.45. The molecule has 0 amide bonds. The van der Waals surface area contributed by atoms with Gasteiger partial charge in [0.1, 0.15) is 4.90 Å². The van der Waals surface area contributed by atoms with Crippen molar-refractivity contribution in [3.05, 3.63) is 11.9 Å². The molecule has 3 aliphatic rings. The van der Waals surface area contributed by atoms with Crippen LogP contribution in [-0.4, -0.2) is 84.7 Å². The summed E-state index contributed by atoms with van der Waals surface area (Å²) in [7, 11) is 0.509. The van der Waals surface area contributed by atoms with Crippen molar-refractivity contribution in [1.82, 2.24) is 23.9 Å². The Labute approximate surface area is 157 Å². The van der Waals surface area contributed by atoms with Gasteiger partial charge in [0.05, 0.1) is 5.69 Å². The van der Waals surface area contributed by atoms with E-state index in [1.807, 2.05) is 0 Å². The molecular formula is C18H31N5O2S. The summed E-state index contributed by atoms with van der Waals surface area (Å²) in [6.07, 6.45) is 5.17. The van der Waals surface area contributed by atoms with Gasteiger partial charge in [0, 0.05) is 58.6 Å². The number of hydrogen-bond acceptors (Lipinski definition) is 5. The van der Waals surface area contributed by atoms with Gasteiger partial charge in [-0.25, -0.2) is 8.42 Å². The number of rotatable bonds is 3. The summed E-state index contributed by atoms with van der Waals surface area (Å²) in [5.41, 5.74) is 0.596. The van der Waals surface area contributed by atoms with Crippen molar-refractivity contribution in [2.45, 2.75) is 37.1 Å². The highest BCUT2D eigenvalue weighted by Crippen LogP contribution is 2.40. The average molecular weight is 382 g/mol. The highest BCUT2D eigenvalue weighted by atomic mass is 32.2. The van der Waals surface area contributed by atoms with Crippen molar-refractivity contribution in [2.24, 2.45) is 18.9 Å². The Balaban J connectivity index is 1.55. The van der Waals surface area contributed by atoms with Crippen LogP contribution in [0.2, 0.25) is 0 Å². The second-order valence-corrected chi connectivity index (χ2v) is 10.3. The molecule has 146 valence electrons. The van der Waals surface area contributed by atoms with Crippen LogP contribution in [0.4, 0.5) is 0 Å². The Morgan fingerprint density at radius 2 is 1.65 bits per heavy atom. The quantitative estimate of drug-likeness (QED) is 0.774. The monoisotopic (exact) mass is 381 g/mol. The third-order valence-corrected chi connectivity index (χ3v) is 8.47. The average Bonchev–Trinajstić information content (AvgIpc) is 2.93. The van der Waals surface area contributed by atoms with Gasteiger partial charge in [-0.2, -0.15) is 9.40 Å². The van der Waals surface area contributed by atoms with Crippen molar-refractivity contribution in [2.75, 3.05) is 46.3 Å². The molecule has 0 aromatic carbocycles. The van der Waals surface area contributed by atoms with Crippen LogP contribution in [0, 0.1) is 18.8 Å². The van der Waals surface area contributed by atoms with Gasteiger partial charge in [0.15, 0.2) is 0 Å². The van der Waals surface area contributed by atoms with Crippen molar-refractivity contribution < 1.29 is 8.42 Å². The first-order chi connectivity index (χ1) is 12.4. The Morgan fingerprint density at radius 1 is 1.04 bits per heavy atom. The van der Waals surface area contributed by atoms with Gasteiger partial charge in [0.2, 0.25) is 10.0 Å². The summed E-state index contributed by atoms with van der Waals surface area (Å²) in [5, 5.41) is 4.24. The summed E-state index contributed by atoms with van der Waals surface area (Å²) in [6, 6.07) is 0.555. The standard InChI is InChI=1S/C18H31N5O2S/c1-14-17(13-21(3)19-14)26(24,25)23-11-15-5-4-6-16(12-23)18(15)22-9-7-20(2)8-10-22/h13,15-16,18H,4-12H2,1-3H3. The van der Waals surface area contributed by atoms with E-state index in [0.29, 0.717) is 41.6 Å². The molecule has 1 aromatic rings. The fourth-order valence-electron chi connectivity index (χ4n) is 5.25. The normalized spacial score (nSPS) is 32.0. The minimum Gasteiger partial charge on any atom is -0.304 e. The molecule has 1 aromatic heterocycles. The van der Waals surface area contributed by atoms with E-state index in [0.717, 1.165) is 39.0 Å². The molecule has 4 rings (SSSR count). The fourth-order valence-corrected chi connectivity index (χ4v) is 7.00. The molecule has 0 spiro atoms. The fraction of sp³-hybridized carbons (Fsp3) is 0.833. The van der Waals surface area contributed by atoms with Crippen LogP contribution >= 0.6 is 0 Å². The highest BCUT2D eigenvalue weighted by Gasteiger charge is 2.46. The number of piperidine rings is 1. The maximum Gasteiger partial charge on any atom is 0.246 e. The van der Waals surface area contributed by atoms with Gasteiger partial charge in [-0.1, -0.05) is 6.42 Å². The van der Waals surface area contributed by atoms with Crippen LogP contribution in [0.5, 0.6) is 0 Å². The Bertz CT molecular complexity index is 740. The van der Waals surface area contributed by atoms with Gasteiger partial charge >= 0.3 is 0 Å². The molecule has 7 nitrogen and oxygen atoms in total. The second-order valence-electron chi connectivity index (χ2n) is 8.36. The van der Waals surface area contributed by atoms with Crippen LogP contribution in [0.1, 0.15) is 25.0 Å². The molecule has 26 heavy (non-hydrogen) atoms. The number of piperazine rings is 1. The number of aryl methyl sites for hydroxylation is 2. The third kappa shape index (κ3) is 3.21. The molecule has 3 heterocycles. The van der Waals surface area contributed by atoms with Gasteiger partial charge in [-0.05, 0) is 38.6 Å². The largest absolute Gasteiger partial charge is 0.304 e. The van der Waals surface area contributed by atoms with Crippen molar-refractivity contribution in [3.63, 3.8) is 0 Å². The maximum absolute atomic E-state index is 13.2. The summed E-state index contributed by atoms with van der Waals surface area (Å²) < 4.78 is 29.8. The number of likely N-dealkylation sites (N-methyl/N-ethyl adjacent to an activating group) is 1. The van der Waals surface area contributed by atoms with Gasteiger partial charge in [-0.15, -0.1) is 0 Å². The number of nitrogens with zero attached hydrogens (tertiary/aromatic N) is 5. The van der Waals surface area contributed by atoms with Gasteiger partial charge < -0.3 is 4.90 Å². The predicted octanol–water partition coefficient (Wildman–Crippen LogP) is 0.765. The molecule has 2 unspecified atom stereocenters. The third-order valence-electron chi connectivity index (χ3n) is 6.54. The summed E-state index contributed by atoms with van der Waals surface area (Å²) in [5.74, 6) is 0.912. The molecular weight excluding hydrogens is 350 g/mol. The molecule has 2 atom stereocenters. The van der Waals surface area contributed by atoms with Crippen molar-refractivity contribution in [3.8, 4) is 0 Å². The summed E-state index contributed by atoms with van der Waals surface area (Å²) in [4.78, 5) is 5.40. The van der Waals surface area contributed by atoms with Crippen LogP contribution in [0.15, 0.2) is 11.1 Å². The first kappa shape index (κ1) is 18.4. The van der Waals surface area contributed by atoms with Crippen LogP contribution in [0.3, 0.4) is 0 Å². The lowest BCUT2D eigenvalue weighted by molar-refractivity contribution is -0.0141. The lowest BCUT2D eigenvalue weighted by atomic mass is 9.73. The molecule has 0 N–H and O–H groups in total. The molecule has 2 aliphatic heterocycles. The molecule has 0 radical (unpaired) electrons. The lowest BCUT2D eigenvalue weighted by Gasteiger charge is -2.52. The smallest absolute Gasteiger partial charge is 0.246 e. The van der Waals surface area contributed by atoms with Crippen molar-refractivity contribution in [1.29, 1.82) is 0 Å². The van der Waals surface area contributed by atoms with Gasteiger partial charge in [0.25, 0.3) is 0 Å². The Hall–Kier alpha value is -0.960. The van der Waals surface area contributed by atoms with E-state index >= 15 is 0 Å². The molecule has 1 saturated carbocycles. The summed E-state index contributed by atoms with van der Waals surface area (Å²) >= 11 is 0. The van der Waals surface area contributed by atoms with Crippen molar-refractivity contribution >= 4 is 10.0 Å². The van der Waals surface area contributed by atoms with E-state index in [4.69, 9.17) is 0 Å². The van der Waals surface area contributed by atoms with E-state index in [1.54, 1.807) is 29.2 Å². The first-order valence-corrected chi connectivity index (χ1v) is 11.2. The number of sulfonamides is 1. The topological polar surface area (TPSA) is 61.7 Å². The van der Waals surface area contributed by atoms with Gasteiger partial charge in [-0.3, -0.25) is 9.58 Å². The number of fused-ring (bicyclic) bond motifs is 2. The van der Waals surface area contributed by atoms with Crippen LogP contribution in [-0.2, 0) is 17.1 Å². The zero-order chi connectivity index (χ0) is 18.5. The Morgan fingerprint density at radius 3 is 2.19 bits per heavy atom. The maximum atomic E-state index is 13.2. The first-order valence-electron chi connectivity index (χ1n) is 9.79. The van der Waals surface area contributed by atoms with Crippen LogP contribution < -0.4 is 0 Å². The number of hydrogen-bond donors (Lipinski definition) is 0. The zero-order valence-corrected chi connectivity index (χ0v) is 17.0. The molecule has 2 saturated heterocycles. The molecule has 2 bridgehead atoms. The molecule has 1 aliphatic carbocycles. The Kier molecular flexibility index (Phi) is 4.88. The SMILES string of the molecule is Cc1nn(C)cc1S(=O)(=O)N1CC2CCCC(C1)C2N1CCN(C)CC1. The highest BCUT2D eigenvalue weighted by molar-refractivity contribution is 7.89. The summed E-state index contributed by atoms with van der Waals surface area (Å²) in [6.45, 7) is 7.56.